The van der Waals surface area contributed by atoms with Crippen LogP contribution in [-0.4, -0.2) is 12.6 Å². The van der Waals surface area contributed by atoms with E-state index >= 15 is 0 Å². The van der Waals surface area contributed by atoms with Gasteiger partial charge in [0.2, 0.25) is 0 Å². The third-order valence-electron chi connectivity index (χ3n) is 1.51. The maximum Gasteiger partial charge on any atom is 0.316 e. The molecule has 14 heavy (non-hydrogen) atoms. The van der Waals surface area contributed by atoms with Gasteiger partial charge in [0.05, 0.1) is 17.3 Å². The molecule has 0 aliphatic heterocycles. The molecule has 76 valence electrons. The molecule has 0 aromatic heterocycles. The number of rotatable bonds is 3. The number of hydrogen-bond acceptors (Lipinski definition) is 2. The molecule has 5 heteroatoms. The molecule has 0 bridgehead atoms. The summed E-state index contributed by atoms with van der Waals surface area (Å²) in [5.74, 6) is 0.660. The van der Waals surface area contributed by atoms with Gasteiger partial charge in [-0.1, -0.05) is 11.6 Å². The summed E-state index contributed by atoms with van der Waals surface area (Å²) in [6.07, 6.45) is 0. The van der Waals surface area contributed by atoms with E-state index in [2.05, 4.69) is 5.32 Å². The Morgan fingerprint density at radius 2 is 2.36 bits per heavy atom. The number of urea groups is 1. The van der Waals surface area contributed by atoms with Crippen LogP contribution in [0.25, 0.3) is 0 Å². The summed E-state index contributed by atoms with van der Waals surface area (Å²) in [4.78, 5) is 10.6. The van der Waals surface area contributed by atoms with Gasteiger partial charge in [-0.2, -0.15) is 0 Å². The standard InChI is InChI=1S/C9H11ClN2O2/c1-2-14-6-3-4-8(7(10)5-6)12-9(11)13/h3-5H,2H2,1H3,(H3,11,12,13). The average molecular weight is 215 g/mol. The van der Waals surface area contributed by atoms with Crippen molar-refractivity contribution in [2.24, 2.45) is 5.73 Å². The second kappa shape index (κ2) is 4.72. The summed E-state index contributed by atoms with van der Waals surface area (Å²) >= 11 is 5.86. The minimum atomic E-state index is -0.643. The predicted octanol–water partition coefficient (Wildman–Crippen LogP) is 2.23. The van der Waals surface area contributed by atoms with Crippen molar-refractivity contribution in [3.8, 4) is 5.75 Å². The minimum absolute atomic E-state index is 0.398. The van der Waals surface area contributed by atoms with Crippen LogP contribution in [0.1, 0.15) is 6.92 Å². The fourth-order valence-electron chi connectivity index (χ4n) is 0.986. The zero-order valence-corrected chi connectivity index (χ0v) is 8.47. The SMILES string of the molecule is CCOc1ccc(NC(N)=O)c(Cl)c1. The molecule has 1 aromatic rings. The van der Waals surface area contributed by atoms with E-state index < -0.39 is 6.03 Å². The molecule has 0 unspecified atom stereocenters. The highest BCUT2D eigenvalue weighted by molar-refractivity contribution is 6.33. The number of nitrogens with one attached hydrogen (secondary N) is 1. The molecule has 2 amide bonds. The number of benzene rings is 1. The second-order valence-electron chi connectivity index (χ2n) is 2.56. The highest BCUT2D eigenvalue weighted by atomic mass is 35.5. The normalized spacial score (nSPS) is 9.57. The summed E-state index contributed by atoms with van der Waals surface area (Å²) in [5, 5.41) is 2.79. The molecule has 1 aromatic carbocycles. The molecule has 3 N–H and O–H groups in total. The summed E-state index contributed by atoms with van der Waals surface area (Å²) in [7, 11) is 0. The number of ether oxygens (including phenoxy) is 1. The van der Waals surface area contributed by atoms with Crippen molar-refractivity contribution in [3.05, 3.63) is 23.2 Å². The molecule has 0 saturated carbocycles. The van der Waals surface area contributed by atoms with E-state index in [0.29, 0.717) is 23.1 Å². The number of nitrogens with two attached hydrogens (primary N) is 1. The summed E-state index contributed by atoms with van der Waals surface area (Å²) in [5.41, 5.74) is 5.42. The lowest BCUT2D eigenvalue weighted by Gasteiger charge is -2.07. The number of anilines is 1. The van der Waals surface area contributed by atoms with Crippen LogP contribution in [0.3, 0.4) is 0 Å². The van der Waals surface area contributed by atoms with Crippen LogP contribution in [0.2, 0.25) is 5.02 Å². The molecule has 0 fully saturated rings. The monoisotopic (exact) mass is 214 g/mol. The van der Waals surface area contributed by atoms with Crippen LogP contribution in [0, 0.1) is 0 Å². The average Bonchev–Trinajstić information content (AvgIpc) is 2.10. The van der Waals surface area contributed by atoms with Crippen molar-refractivity contribution in [2.75, 3.05) is 11.9 Å². The fourth-order valence-corrected chi connectivity index (χ4v) is 1.20. The van der Waals surface area contributed by atoms with Crippen molar-refractivity contribution in [1.29, 1.82) is 0 Å². The molecule has 0 heterocycles. The van der Waals surface area contributed by atoms with E-state index in [1.807, 2.05) is 6.92 Å². The van der Waals surface area contributed by atoms with Gasteiger partial charge < -0.3 is 15.8 Å². The van der Waals surface area contributed by atoms with Crippen LogP contribution in [0.5, 0.6) is 5.75 Å². The van der Waals surface area contributed by atoms with Gasteiger partial charge in [-0.05, 0) is 19.1 Å². The van der Waals surface area contributed by atoms with Gasteiger partial charge in [0.15, 0.2) is 0 Å². The molecule has 0 spiro atoms. The Labute approximate surface area is 87.0 Å². The number of hydrogen-bond donors (Lipinski definition) is 2. The second-order valence-corrected chi connectivity index (χ2v) is 2.97. The lowest BCUT2D eigenvalue weighted by Crippen LogP contribution is -2.19. The Morgan fingerprint density at radius 3 is 2.86 bits per heavy atom. The third kappa shape index (κ3) is 2.81. The minimum Gasteiger partial charge on any atom is -0.494 e. The number of primary amides is 1. The van der Waals surface area contributed by atoms with E-state index in [1.54, 1.807) is 18.2 Å². The van der Waals surface area contributed by atoms with Gasteiger partial charge in [-0.15, -0.1) is 0 Å². The molecule has 1 rings (SSSR count). The first-order valence-electron chi connectivity index (χ1n) is 4.12. The highest BCUT2D eigenvalue weighted by Crippen LogP contribution is 2.26. The lowest BCUT2D eigenvalue weighted by atomic mass is 10.3. The zero-order chi connectivity index (χ0) is 10.6. The van der Waals surface area contributed by atoms with Crippen LogP contribution < -0.4 is 15.8 Å². The van der Waals surface area contributed by atoms with Crippen molar-refractivity contribution < 1.29 is 9.53 Å². The Balaban J connectivity index is 2.84. The Bertz CT molecular complexity index is 342. The lowest BCUT2D eigenvalue weighted by molar-refractivity contribution is 0.259. The van der Waals surface area contributed by atoms with E-state index in [1.165, 1.54) is 0 Å². The topological polar surface area (TPSA) is 64.3 Å². The first kappa shape index (κ1) is 10.7. The van der Waals surface area contributed by atoms with Gasteiger partial charge in [0, 0.05) is 6.07 Å². The molecule has 0 aliphatic rings. The molecule has 0 aliphatic carbocycles. The van der Waals surface area contributed by atoms with Gasteiger partial charge in [0.1, 0.15) is 5.75 Å². The van der Waals surface area contributed by atoms with Crippen LogP contribution >= 0.6 is 11.6 Å². The molecular formula is C9H11ClN2O2. The van der Waals surface area contributed by atoms with E-state index in [0.717, 1.165) is 0 Å². The number of carbonyl (C=O) groups is 1. The van der Waals surface area contributed by atoms with Gasteiger partial charge in [-0.3, -0.25) is 0 Å². The van der Waals surface area contributed by atoms with Gasteiger partial charge in [-0.25, -0.2) is 4.79 Å². The molecule has 4 nitrogen and oxygen atoms in total. The van der Waals surface area contributed by atoms with Gasteiger partial charge >= 0.3 is 6.03 Å². The van der Waals surface area contributed by atoms with E-state index in [9.17, 15) is 4.79 Å². The van der Waals surface area contributed by atoms with Crippen molar-refractivity contribution >= 4 is 23.3 Å². The largest absolute Gasteiger partial charge is 0.494 e. The van der Waals surface area contributed by atoms with E-state index in [4.69, 9.17) is 22.1 Å². The first-order valence-corrected chi connectivity index (χ1v) is 4.50. The van der Waals surface area contributed by atoms with Crippen LogP contribution in [0.15, 0.2) is 18.2 Å². The van der Waals surface area contributed by atoms with Crippen molar-refractivity contribution in [2.45, 2.75) is 6.92 Å². The number of carbonyl (C=O) groups excluding carboxylic acids is 1. The zero-order valence-electron chi connectivity index (χ0n) is 7.71. The van der Waals surface area contributed by atoms with Crippen molar-refractivity contribution in [3.63, 3.8) is 0 Å². The summed E-state index contributed by atoms with van der Waals surface area (Å²) in [6, 6.07) is 4.32. The summed E-state index contributed by atoms with van der Waals surface area (Å²) in [6.45, 7) is 2.45. The maximum atomic E-state index is 10.6. The number of halogens is 1. The quantitative estimate of drug-likeness (QED) is 0.811. The van der Waals surface area contributed by atoms with Crippen molar-refractivity contribution in [1.82, 2.24) is 0 Å². The summed E-state index contributed by atoms with van der Waals surface area (Å²) < 4.78 is 5.22. The van der Waals surface area contributed by atoms with Crippen LogP contribution in [-0.2, 0) is 0 Å². The fraction of sp³-hybridized carbons (Fsp3) is 0.222. The molecular weight excluding hydrogens is 204 g/mol. The Hall–Kier alpha value is -1.42. The number of amides is 2. The Kier molecular flexibility index (Phi) is 3.59. The van der Waals surface area contributed by atoms with Crippen LogP contribution in [0.4, 0.5) is 10.5 Å². The highest BCUT2D eigenvalue weighted by Gasteiger charge is 2.03. The molecule has 0 atom stereocenters. The molecule has 0 radical (unpaired) electrons. The smallest absolute Gasteiger partial charge is 0.316 e. The van der Waals surface area contributed by atoms with Gasteiger partial charge in [0.25, 0.3) is 0 Å². The maximum absolute atomic E-state index is 10.6. The van der Waals surface area contributed by atoms with E-state index in [-0.39, 0.29) is 0 Å². The first-order chi connectivity index (χ1) is 6.63. The predicted molar refractivity (Wildman–Crippen MR) is 55.8 cm³/mol. The third-order valence-corrected chi connectivity index (χ3v) is 1.82. The Morgan fingerprint density at radius 1 is 1.64 bits per heavy atom. The molecule has 0 saturated heterocycles.